The molecule has 0 fully saturated rings. The maximum Gasteiger partial charge on any atom is 0.339 e. The van der Waals surface area contributed by atoms with E-state index in [-0.39, 0.29) is 17.0 Å². The number of anilines is 1. The highest BCUT2D eigenvalue weighted by atomic mass is 16.6. The van der Waals surface area contributed by atoms with Crippen LogP contribution in [0.25, 0.3) is 0 Å². The van der Waals surface area contributed by atoms with Crippen LogP contribution in [0.2, 0.25) is 0 Å². The number of aromatic hydroxyl groups is 1. The van der Waals surface area contributed by atoms with Gasteiger partial charge in [0.1, 0.15) is 5.75 Å². The predicted octanol–water partition coefficient (Wildman–Crippen LogP) is 2.46. The second-order valence-corrected chi connectivity index (χ2v) is 4.19. The molecule has 112 valence electrons. The smallest absolute Gasteiger partial charge is 0.339 e. The second-order valence-electron chi connectivity index (χ2n) is 4.19. The minimum atomic E-state index is -0.591. The lowest BCUT2D eigenvalue weighted by Crippen LogP contribution is -2.24. The van der Waals surface area contributed by atoms with E-state index in [0.717, 1.165) is 12.3 Å². The van der Waals surface area contributed by atoms with Crippen LogP contribution < -0.4 is 10.7 Å². The Labute approximate surface area is 125 Å². The van der Waals surface area contributed by atoms with E-state index in [2.05, 4.69) is 15.8 Å². The number of hydrogen-bond acceptors (Lipinski definition) is 5. The van der Waals surface area contributed by atoms with Crippen molar-refractivity contribution in [3.8, 4) is 5.75 Å². The van der Waals surface area contributed by atoms with Crippen LogP contribution in [0.1, 0.15) is 5.56 Å². The molecular weight excluding hydrogens is 288 g/mol. The van der Waals surface area contributed by atoms with Crippen LogP contribution >= 0.6 is 0 Å². The molecule has 3 N–H and O–H groups in total. The first kappa shape index (κ1) is 15.0. The average molecular weight is 300 g/mol. The number of urea groups is 1. The Bertz CT molecular complexity index is 716. The van der Waals surface area contributed by atoms with E-state index in [9.17, 15) is 20.0 Å². The molecule has 2 amide bonds. The minimum absolute atomic E-state index is 0.120. The number of benzene rings is 2. The lowest BCUT2D eigenvalue weighted by Gasteiger charge is -2.03. The summed E-state index contributed by atoms with van der Waals surface area (Å²) in [6.07, 6.45) is 1.12. The third kappa shape index (κ3) is 4.04. The van der Waals surface area contributed by atoms with Gasteiger partial charge in [0.2, 0.25) is 0 Å². The standard InChI is InChI=1S/C14H12N4O4/c19-13-7-6-12(18(21)22)8-10(13)9-15-17-14(20)16-11-4-2-1-3-5-11/h1-9,19H,(H2,16,17,20). The van der Waals surface area contributed by atoms with E-state index in [4.69, 9.17) is 0 Å². The van der Waals surface area contributed by atoms with Crippen molar-refractivity contribution in [2.45, 2.75) is 0 Å². The predicted molar refractivity (Wildman–Crippen MR) is 81.0 cm³/mol. The molecule has 2 rings (SSSR count). The molecule has 0 aromatic heterocycles. The summed E-state index contributed by atoms with van der Waals surface area (Å²) in [7, 11) is 0. The van der Waals surface area contributed by atoms with Gasteiger partial charge in [-0.05, 0) is 18.2 Å². The molecule has 0 aliphatic rings. The lowest BCUT2D eigenvalue weighted by atomic mass is 10.2. The van der Waals surface area contributed by atoms with Crippen molar-refractivity contribution in [1.29, 1.82) is 0 Å². The molecule has 0 bridgehead atoms. The van der Waals surface area contributed by atoms with Crippen LogP contribution in [-0.2, 0) is 0 Å². The van der Waals surface area contributed by atoms with Crippen molar-refractivity contribution in [3.05, 3.63) is 64.2 Å². The highest BCUT2D eigenvalue weighted by Crippen LogP contribution is 2.21. The first-order valence-electron chi connectivity index (χ1n) is 6.19. The Balaban J connectivity index is 1.99. The summed E-state index contributed by atoms with van der Waals surface area (Å²) in [5, 5.41) is 26.4. The Morgan fingerprint density at radius 3 is 2.64 bits per heavy atom. The van der Waals surface area contributed by atoms with Gasteiger partial charge in [-0.15, -0.1) is 0 Å². The number of carbonyl (C=O) groups is 1. The van der Waals surface area contributed by atoms with Gasteiger partial charge < -0.3 is 10.4 Å². The van der Waals surface area contributed by atoms with Gasteiger partial charge in [0.25, 0.3) is 5.69 Å². The lowest BCUT2D eigenvalue weighted by molar-refractivity contribution is -0.384. The number of hydrogen-bond donors (Lipinski definition) is 3. The van der Waals surface area contributed by atoms with Crippen molar-refractivity contribution in [2.75, 3.05) is 5.32 Å². The molecule has 0 aliphatic carbocycles. The molecule has 0 heterocycles. The minimum Gasteiger partial charge on any atom is -0.507 e. The largest absolute Gasteiger partial charge is 0.507 e. The molecule has 0 spiro atoms. The van der Waals surface area contributed by atoms with Gasteiger partial charge >= 0.3 is 6.03 Å². The normalized spacial score (nSPS) is 10.4. The number of phenols is 1. The fourth-order valence-corrected chi connectivity index (χ4v) is 1.60. The number of carbonyl (C=O) groups excluding carboxylic acids is 1. The monoisotopic (exact) mass is 300 g/mol. The van der Waals surface area contributed by atoms with Gasteiger partial charge in [-0.3, -0.25) is 10.1 Å². The molecule has 0 saturated heterocycles. The number of nitro groups is 1. The fourth-order valence-electron chi connectivity index (χ4n) is 1.60. The molecule has 0 aliphatic heterocycles. The number of hydrazone groups is 1. The summed E-state index contributed by atoms with van der Waals surface area (Å²) >= 11 is 0. The van der Waals surface area contributed by atoms with Gasteiger partial charge in [-0.2, -0.15) is 5.10 Å². The summed E-state index contributed by atoms with van der Waals surface area (Å²) in [4.78, 5) is 21.6. The molecule has 0 atom stereocenters. The van der Waals surface area contributed by atoms with Gasteiger partial charge in [-0.25, -0.2) is 10.2 Å². The Kier molecular flexibility index (Phi) is 4.66. The maximum absolute atomic E-state index is 11.6. The number of non-ortho nitro benzene ring substituents is 1. The molecule has 22 heavy (non-hydrogen) atoms. The van der Waals surface area contributed by atoms with E-state index in [0.29, 0.717) is 5.69 Å². The number of nitro benzene ring substituents is 1. The maximum atomic E-state index is 11.6. The Morgan fingerprint density at radius 2 is 1.95 bits per heavy atom. The van der Waals surface area contributed by atoms with Crippen molar-refractivity contribution >= 4 is 23.6 Å². The number of nitrogens with one attached hydrogen (secondary N) is 2. The SMILES string of the molecule is O=C(NN=Cc1cc([N+](=O)[O-])ccc1O)Nc1ccccc1. The topological polar surface area (TPSA) is 117 Å². The fraction of sp³-hybridized carbons (Fsp3) is 0. The number of nitrogens with zero attached hydrogens (tertiary/aromatic N) is 2. The first-order valence-corrected chi connectivity index (χ1v) is 6.19. The van der Waals surface area contributed by atoms with Crippen LogP contribution in [-0.4, -0.2) is 22.3 Å². The summed E-state index contributed by atoms with van der Waals surface area (Å²) in [6.45, 7) is 0. The molecule has 2 aromatic rings. The van der Waals surface area contributed by atoms with Gasteiger partial charge in [0.15, 0.2) is 0 Å². The quantitative estimate of drug-likeness (QED) is 0.456. The van der Waals surface area contributed by atoms with Crippen LogP contribution in [0.15, 0.2) is 53.6 Å². The van der Waals surface area contributed by atoms with E-state index >= 15 is 0 Å². The molecule has 0 saturated carbocycles. The van der Waals surface area contributed by atoms with Crippen molar-refractivity contribution in [1.82, 2.24) is 5.43 Å². The van der Waals surface area contributed by atoms with E-state index in [1.807, 2.05) is 6.07 Å². The third-order valence-electron chi connectivity index (χ3n) is 2.62. The summed E-state index contributed by atoms with van der Waals surface area (Å²) in [5.74, 6) is -0.181. The number of amides is 2. The number of para-hydroxylation sites is 1. The van der Waals surface area contributed by atoms with Gasteiger partial charge in [0, 0.05) is 23.4 Å². The van der Waals surface area contributed by atoms with E-state index < -0.39 is 11.0 Å². The van der Waals surface area contributed by atoms with Gasteiger partial charge in [0.05, 0.1) is 11.1 Å². The average Bonchev–Trinajstić information content (AvgIpc) is 2.50. The zero-order chi connectivity index (χ0) is 15.9. The van der Waals surface area contributed by atoms with Gasteiger partial charge in [-0.1, -0.05) is 18.2 Å². The molecular formula is C14H12N4O4. The third-order valence-corrected chi connectivity index (χ3v) is 2.62. The van der Waals surface area contributed by atoms with Crippen LogP contribution in [0.5, 0.6) is 5.75 Å². The molecule has 8 heteroatoms. The van der Waals surface area contributed by atoms with E-state index in [1.54, 1.807) is 24.3 Å². The van der Waals surface area contributed by atoms with Crippen LogP contribution in [0.3, 0.4) is 0 Å². The first-order chi connectivity index (χ1) is 10.6. The van der Waals surface area contributed by atoms with Crippen LogP contribution in [0.4, 0.5) is 16.2 Å². The van der Waals surface area contributed by atoms with Crippen molar-refractivity contribution in [2.24, 2.45) is 5.10 Å². The Hall–Kier alpha value is -3.42. The molecule has 8 nitrogen and oxygen atoms in total. The summed E-state index contributed by atoms with van der Waals surface area (Å²) in [6, 6.07) is 11.7. The Morgan fingerprint density at radius 1 is 1.23 bits per heavy atom. The zero-order valence-corrected chi connectivity index (χ0v) is 11.3. The van der Waals surface area contributed by atoms with E-state index in [1.165, 1.54) is 12.1 Å². The molecule has 0 radical (unpaired) electrons. The molecule has 0 unspecified atom stereocenters. The number of phenolic OH excluding ortho intramolecular Hbond substituents is 1. The highest BCUT2D eigenvalue weighted by Gasteiger charge is 2.08. The molecule has 2 aromatic carbocycles. The van der Waals surface area contributed by atoms with Crippen molar-refractivity contribution < 1.29 is 14.8 Å². The highest BCUT2D eigenvalue weighted by molar-refractivity contribution is 5.91. The summed E-state index contributed by atoms with van der Waals surface area (Å²) < 4.78 is 0. The van der Waals surface area contributed by atoms with Crippen molar-refractivity contribution in [3.63, 3.8) is 0 Å². The zero-order valence-electron chi connectivity index (χ0n) is 11.3. The van der Waals surface area contributed by atoms with Crippen LogP contribution in [0, 0.1) is 10.1 Å². The number of rotatable bonds is 4. The summed E-state index contributed by atoms with van der Waals surface area (Å²) in [5.41, 5.74) is 2.72. The second kappa shape index (κ2) is 6.84.